The number of piperidine rings is 1. The molecule has 2 amide bonds. The van der Waals surface area contributed by atoms with Crippen molar-refractivity contribution in [1.82, 2.24) is 14.8 Å². The number of nitrogens with two attached hydrogens (primary N) is 1. The number of carbonyl (C=O) groups excluding carboxylic acids is 2. The van der Waals surface area contributed by atoms with Crippen molar-refractivity contribution in [2.75, 3.05) is 51.3 Å². The third-order valence-corrected chi connectivity index (χ3v) is 7.59. The summed E-state index contributed by atoms with van der Waals surface area (Å²) in [5.74, 6) is 0.394. The Morgan fingerprint density at radius 3 is 2.69 bits per heavy atom. The molecule has 0 radical (unpaired) electrons. The number of morpholine rings is 1. The van der Waals surface area contributed by atoms with Gasteiger partial charge in [0.1, 0.15) is 5.54 Å². The van der Waals surface area contributed by atoms with Gasteiger partial charge in [-0.15, -0.1) is 11.3 Å². The number of ether oxygens (including phenoxy) is 1. The van der Waals surface area contributed by atoms with Gasteiger partial charge in [0.05, 0.1) is 25.5 Å². The molecular formula is C20H31N5O3S. The van der Waals surface area contributed by atoms with Crippen LogP contribution in [0.3, 0.4) is 0 Å². The zero-order valence-electron chi connectivity index (χ0n) is 17.1. The molecule has 8 nitrogen and oxygen atoms in total. The summed E-state index contributed by atoms with van der Waals surface area (Å²) < 4.78 is 5.42. The molecule has 0 bridgehead atoms. The van der Waals surface area contributed by atoms with E-state index in [1.54, 1.807) is 11.3 Å². The SMILES string of the molecule is C[C@@H]1CCc2nc(NC(=O)CN3CCC(C(N)=O)(N4CCOCC4)CC3)sc2C1. The first-order chi connectivity index (χ1) is 14.0. The number of carbonyl (C=O) groups is 2. The fraction of sp³-hybridized carbons (Fsp3) is 0.750. The van der Waals surface area contributed by atoms with Crippen LogP contribution in [0.2, 0.25) is 0 Å². The number of primary amides is 1. The van der Waals surface area contributed by atoms with Gasteiger partial charge >= 0.3 is 0 Å². The van der Waals surface area contributed by atoms with E-state index < -0.39 is 5.54 Å². The summed E-state index contributed by atoms with van der Waals surface area (Å²) >= 11 is 1.61. The highest BCUT2D eigenvalue weighted by molar-refractivity contribution is 7.15. The summed E-state index contributed by atoms with van der Waals surface area (Å²) in [5.41, 5.74) is 6.36. The number of nitrogens with one attached hydrogen (secondary N) is 1. The number of hydrogen-bond donors (Lipinski definition) is 2. The molecule has 2 fully saturated rings. The van der Waals surface area contributed by atoms with Crippen molar-refractivity contribution in [3.63, 3.8) is 0 Å². The second-order valence-electron chi connectivity index (χ2n) is 8.56. The van der Waals surface area contributed by atoms with E-state index in [1.165, 1.54) is 11.3 Å². The maximum absolute atomic E-state index is 12.6. The first-order valence-electron chi connectivity index (χ1n) is 10.6. The fourth-order valence-electron chi connectivity index (χ4n) is 4.75. The van der Waals surface area contributed by atoms with Gasteiger partial charge in [0.15, 0.2) is 5.13 Å². The highest BCUT2D eigenvalue weighted by Crippen LogP contribution is 2.32. The fourth-order valence-corrected chi connectivity index (χ4v) is 5.93. The van der Waals surface area contributed by atoms with Crippen LogP contribution in [0.4, 0.5) is 5.13 Å². The highest BCUT2D eigenvalue weighted by Gasteiger charge is 2.45. The van der Waals surface area contributed by atoms with Gasteiger partial charge in [-0.1, -0.05) is 6.92 Å². The molecule has 0 spiro atoms. The van der Waals surface area contributed by atoms with Gasteiger partial charge in [0.2, 0.25) is 11.8 Å². The summed E-state index contributed by atoms with van der Waals surface area (Å²) in [7, 11) is 0. The highest BCUT2D eigenvalue weighted by atomic mass is 32.1. The van der Waals surface area contributed by atoms with Crippen LogP contribution in [-0.2, 0) is 27.2 Å². The normalized spacial score (nSPS) is 25.3. The molecule has 4 rings (SSSR count). The molecule has 3 N–H and O–H groups in total. The maximum atomic E-state index is 12.6. The van der Waals surface area contributed by atoms with E-state index >= 15 is 0 Å². The van der Waals surface area contributed by atoms with Gasteiger partial charge in [-0.3, -0.25) is 19.4 Å². The topological polar surface area (TPSA) is 101 Å². The Hall–Kier alpha value is -1.55. The molecule has 0 saturated carbocycles. The number of rotatable bonds is 5. The molecule has 2 saturated heterocycles. The molecule has 1 aliphatic carbocycles. The minimum absolute atomic E-state index is 0.0397. The van der Waals surface area contributed by atoms with Crippen LogP contribution in [-0.4, -0.2) is 78.1 Å². The van der Waals surface area contributed by atoms with Crippen LogP contribution < -0.4 is 11.1 Å². The lowest BCUT2D eigenvalue weighted by atomic mass is 9.84. The van der Waals surface area contributed by atoms with Crippen molar-refractivity contribution in [3.8, 4) is 0 Å². The summed E-state index contributed by atoms with van der Waals surface area (Å²) in [5, 5.41) is 3.69. The van der Waals surface area contributed by atoms with E-state index in [1.807, 2.05) is 0 Å². The van der Waals surface area contributed by atoms with Crippen molar-refractivity contribution >= 4 is 28.3 Å². The van der Waals surface area contributed by atoms with E-state index in [-0.39, 0.29) is 11.8 Å². The third kappa shape index (κ3) is 4.47. The Morgan fingerprint density at radius 1 is 1.28 bits per heavy atom. The van der Waals surface area contributed by atoms with Crippen molar-refractivity contribution < 1.29 is 14.3 Å². The number of aryl methyl sites for hydroxylation is 1. The maximum Gasteiger partial charge on any atom is 0.240 e. The molecule has 3 heterocycles. The van der Waals surface area contributed by atoms with E-state index in [9.17, 15) is 9.59 Å². The number of hydrogen-bond acceptors (Lipinski definition) is 7. The quantitative estimate of drug-likeness (QED) is 0.731. The van der Waals surface area contributed by atoms with E-state index in [0.29, 0.717) is 56.7 Å². The van der Waals surface area contributed by atoms with Crippen molar-refractivity contribution in [1.29, 1.82) is 0 Å². The molecule has 9 heteroatoms. The summed E-state index contributed by atoms with van der Waals surface area (Å²) in [6, 6.07) is 0. The van der Waals surface area contributed by atoms with E-state index in [0.717, 1.165) is 31.6 Å². The average molecular weight is 422 g/mol. The number of fused-ring (bicyclic) bond motifs is 1. The molecular weight excluding hydrogens is 390 g/mol. The lowest BCUT2D eigenvalue weighted by Gasteiger charge is -2.47. The monoisotopic (exact) mass is 421 g/mol. The van der Waals surface area contributed by atoms with Crippen LogP contribution >= 0.6 is 11.3 Å². The molecule has 3 aliphatic rings. The van der Waals surface area contributed by atoms with Crippen LogP contribution in [0.15, 0.2) is 0 Å². The summed E-state index contributed by atoms with van der Waals surface area (Å²) in [6.45, 7) is 6.68. The van der Waals surface area contributed by atoms with Gasteiger partial charge in [0.25, 0.3) is 0 Å². The standard InChI is InChI=1S/C20H31N5O3S/c1-14-2-3-15-16(12-14)29-19(22-15)23-17(26)13-24-6-4-20(5-7-24,18(21)27)25-8-10-28-11-9-25/h14H,2-13H2,1H3,(H2,21,27)(H,22,23,26)/t14-/m1/s1. The lowest BCUT2D eigenvalue weighted by molar-refractivity contribution is -0.138. The Balaban J connectivity index is 1.31. The number of likely N-dealkylation sites (tertiary alicyclic amines) is 1. The molecule has 29 heavy (non-hydrogen) atoms. The average Bonchev–Trinajstić information content (AvgIpc) is 3.10. The Bertz CT molecular complexity index is 753. The van der Waals surface area contributed by atoms with Crippen LogP contribution in [0, 0.1) is 5.92 Å². The Morgan fingerprint density at radius 2 is 2.00 bits per heavy atom. The largest absolute Gasteiger partial charge is 0.379 e. The molecule has 160 valence electrons. The van der Waals surface area contributed by atoms with Crippen LogP contribution in [0.1, 0.15) is 36.8 Å². The van der Waals surface area contributed by atoms with Gasteiger partial charge in [-0.25, -0.2) is 4.98 Å². The van der Waals surface area contributed by atoms with Crippen LogP contribution in [0.5, 0.6) is 0 Å². The molecule has 0 unspecified atom stereocenters. The second kappa shape index (κ2) is 8.67. The molecule has 1 aromatic rings. The molecule has 2 aliphatic heterocycles. The van der Waals surface area contributed by atoms with Crippen molar-refractivity contribution in [3.05, 3.63) is 10.6 Å². The number of thiazole rings is 1. The predicted octanol–water partition coefficient (Wildman–Crippen LogP) is 0.859. The number of nitrogens with zero attached hydrogens (tertiary/aromatic N) is 3. The lowest BCUT2D eigenvalue weighted by Crippen LogP contribution is -2.64. The number of aromatic nitrogens is 1. The molecule has 1 aromatic heterocycles. The summed E-state index contributed by atoms with van der Waals surface area (Å²) in [6.07, 6.45) is 4.54. The third-order valence-electron chi connectivity index (χ3n) is 6.56. The zero-order valence-corrected chi connectivity index (χ0v) is 17.9. The van der Waals surface area contributed by atoms with Gasteiger partial charge in [-0.2, -0.15) is 0 Å². The van der Waals surface area contributed by atoms with Crippen molar-refractivity contribution in [2.24, 2.45) is 11.7 Å². The van der Waals surface area contributed by atoms with Crippen LogP contribution in [0.25, 0.3) is 0 Å². The first-order valence-corrected chi connectivity index (χ1v) is 11.4. The summed E-state index contributed by atoms with van der Waals surface area (Å²) in [4.78, 5) is 35.1. The number of amides is 2. The second-order valence-corrected chi connectivity index (χ2v) is 9.64. The van der Waals surface area contributed by atoms with Gasteiger partial charge < -0.3 is 15.8 Å². The Labute approximate surface area is 175 Å². The minimum Gasteiger partial charge on any atom is -0.379 e. The van der Waals surface area contributed by atoms with Gasteiger partial charge in [0, 0.05) is 31.1 Å². The predicted molar refractivity (Wildman–Crippen MR) is 112 cm³/mol. The van der Waals surface area contributed by atoms with E-state index in [2.05, 4.69) is 27.0 Å². The van der Waals surface area contributed by atoms with E-state index in [4.69, 9.17) is 10.5 Å². The smallest absolute Gasteiger partial charge is 0.240 e. The number of anilines is 1. The molecule has 1 atom stereocenters. The minimum atomic E-state index is -0.609. The first kappa shape index (κ1) is 20.7. The van der Waals surface area contributed by atoms with Crippen molar-refractivity contribution in [2.45, 2.75) is 44.6 Å². The zero-order chi connectivity index (χ0) is 20.4. The Kier molecular flexibility index (Phi) is 6.19. The molecule has 0 aromatic carbocycles. The van der Waals surface area contributed by atoms with Gasteiger partial charge in [-0.05, 0) is 38.0 Å².